The summed E-state index contributed by atoms with van der Waals surface area (Å²) in [6.07, 6.45) is 4.04. The first-order chi connectivity index (χ1) is 9.78. The Hall–Kier alpha value is -1.74. The van der Waals surface area contributed by atoms with Crippen molar-refractivity contribution in [3.63, 3.8) is 0 Å². The number of fused-ring (bicyclic) bond motifs is 1. The molecule has 20 heavy (non-hydrogen) atoms. The van der Waals surface area contributed by atoms with E-state index in [0.717, 1.165) is 41.9 Å². The van der Waals surface area contributed by atoms with E-state index in [4.69, 9.17) is 4.74 Å². The van der Waals surface area contributed by atoms with E-state index in [9.17, 15) is 4.79 Å². The first kappa shape index (κ1) is 13.3. The Balaban J connectivity index is 1.89. The Kier molecular flexibility index (Phi) is 3.79. The molecule has 0 unspecified atom stereocenters. The third-order valence-corrected chi connectivity index (χ3v) is 4.27. The lowest BCUT2D eigenvalue weighted by atomic mass is 9.98. The Bertz CT molecular complexity index is 632. The molecule has 0 fully saturated rings. The Morgan fingerprint density at radius 2 is 1.85 bits per heavy atom. The van der Waals surface area contributed by atoms with Gasteiger partial charge in [-0.05, 0) is 67.1 Å². The van der Waals surface area contributed by atoms with E-state index in [0.29, 0.717) is 0 Å². The SMILES string of the molecule is CSc1ccc(C(=O)c2ccc3c(c2)CCCO3)cc1. The van der Waals surface area contributed by atoms with E-state index in [1.807, 2.05) is 48.7 Å². The summed E-state index contributed by atoms with van der Waals surface area (Å²) >= 11 is 1.68. The van der Waals surface area contributed by atoms with Crippen LogP contribution in [0.2, 0.25) is 0 Å². The molecule has 1 aliphatic heterocycles. The van der Waals surface area contributed by atoms with Gasteiger partial charge in [-0.15, -0.1) is 11.8 Å². The minimum absolute atomic E-state index is 0.0750. The number of hydrogen-bond acceptors (Lipinski definition) is 3. The fourth-order valence-electron chi connectivity index (χ4n) is 2.41. The molecule has 1 heterocycles. The van der Waals surface area contributed by atoms with Crippen LogP contribution in [0, 0.1) is 0 Å². The summed E-state index contributed by atoms with van der Waals surface area (Å²) in [5.74, 6) is 0.997. The van der Waals surface area contributed by atoms with Crippen LogP contribution in [0.1, 0.15) is 27.9 Å². The number of carbonyl (C=O) groups excluding carboxylic acids is 1. The number of carbonyl (C=O) groups is 1. The first-order valence-electron chi connectivity index (χ1n) is 6.72. The average Bonchev–Trinajstić information content (AvgIpc) is 2.54. The molecule has 2 nitrogen and oxygen atoms in total. The molecule has 2 aromatic carbocycles. The van der Waals surface area contributed by atoms with Gasteiger partial charge in [0.2, 0.25) is 0 Å². The van der Waals surface area contributed by atoms with E-state index >= 15 is 0 Å². The minimum atomic E-state index is 0.0750. The van der Waals surface area contributed by atoms with Crippen LogP contribution in [0.4, 0.5) is 0 Å². The number of aryl methyl sites for hydroxylation is 1. The van der Waals surface area contributed by atoms with Crippen LogP contribution in [0.3, 0.4) is 0 Å². The van der Waals surface area contributed by atoms with Crippen molar-refractivity contribution in [1.29, 1.82) is 0 Å². The molecule has 0 amide bonds. The first-order valence-corrected chi connectivity index (χ1v) is 7.95. The number of ketones is 1. The van der Waals surface area contributed by atoms with Crippen LogP contribution in [0.25, 0.3) is 0 Å². The van der Waals surface area contributed by atoms with Gasteiger partial charge in [0.1, 0.15) is 5.75 Å². The van der Waals surface area contributed by atoms with Gasteiger partial charge < -0.3 is 4.74 Å². The molecular formula is C17H16O2S. The van der Waals surface area contributed by atoms with Crippen molar-refractivity contribution in [2.24, 2.45) is 0 Å². The van der Waals surface area contributed by atoms with Crippen molar-refractivity contribution >= 4 is 17.5 Å². The Morgan fingerprint density at radius 3 is 2.60 bits per heavy atom. The van der Waals surface area contributed by atoms with Gasteiger partial charge in [0.25, 0.3) is 0 Å². The summed E-state index contributed by atoms with van der Waals surface area (Å²) < 4.78 is 5.58. The highest BCUT2D eigenvalue weighted by Gasteiger charge is 2.14. The highest BCUT2D eigenvalue weighted by atomic mass is 32.2. The number of thioether (sulfide) groups is 1. The van der Waals surface area contributed by atoms with Crippen LogP contribution in [-0.2, 0) is 6.42 Å². The van der Waals surface area contributed by atoms with Gasteiger partial charge in [0, 0.05) is 16.0 Å². The molecular weight excluding hydrogens is 268 g/mol. The second-order valence-corrected chi connectivity index (χ2v) is 5.71. The zero-order valence-electron chi connectivity index (χ0n) is 11.4. The fourth-order valence-corrected chi connectivity index (χ4v) is 2.82. The number of benzene rings is 2. The quantitative estimate of drug-likeness (QED) is 0.630. The van der Waals surface area contributed by atoms with Crippen molar-refractivity contribution < 1.29 is 9.53 Å². The van der Waals surface area contributed by atoms with E-state index in [-0.39, 0.29) is 5.78 Å². The molecule has 0 aromatic heterocycles. The third kappa shape index (κ3) is 2.59. The lowest BCUT2D eigenvalue weighted by molar-refractivity contribution is 0.103. The van der Waals surface area contributed by atoms with Gasteiger partial charge in [0.15, 0.2) is 5.78 Å². The van der Waals surface area contributed by atoms with Crippen LogP contribution < -0.4 is 4.74 Å². The van der Waals surface area contributed by atoms with Crippen molar-refractivity contribution in [3.8, 4) is 5.75 Å². The molecule has 0 bridgehead atoms. The average molecular weight is 284 g/mol. The van der Waals surface area contributed by atoms with Crippen molar-refractivity contribution in [3.05, 3.63) is 59.2 Å². The molecule has 0 N–H and O–H groups in total. The molecule has 3 heteroatoms. The summed E-state index contributed by atoms with van der Waals surface area (Å²) in [5.41, 5.74) is 2.62. The molecule has 102 valence electrons. The molecule has 0 atom stereocenters. The van der Waals surface area contributed by atoms with Crippen molar-refractivity contribution in [1.82, 2.24) is 0 Å². The van der Waals surface area contributed by atoms with Gasteiger partial charge in [-0.1, -0.05) is 0 Å². The Labute approximate surface area is 123 Å². The van der Waals surface area contributed by atoms with Gasteiger partial charge in [-0.2, -0.15) is 0 Å². The van der Waals surface area contributed by atoms with Crippen molar-refractivity contribution in [2.75, 3.05) is 12.9 Å². The maximum atomic E-state index is 12.5. The molecule has 2 aromatic rings. The predicted molar refractivity (Wildman–Crippen MR) is 81.9 cm³/mol. The maximum Gasteiger partial charge on any atom is 0.193 e. The van der Waals surface area contributed by atoms with Gasteiger partial charge in [-0.25, -0.2) is 0 Å². The molecule has 0 radical (unpaired) electrons. The topological polar surface area (TPSA) is 26.3 Å². The summed E-state index contributed by atoms with van der Waals surface area (Å²) in [7, 11) is 0. The summed E-state index contributed by atoms with van der Waals surface area (Å²) in [5, 5.41) is 0. The largest absolute Gasteiger partial charge is 0.493 e. The predicted octanol–water partition coefficient (Wildman–Crippen LogP) is 3.96. The minimum Gasteiger partial charge on any atom is -0.493 e. The van der Waals surface area contributed by atoms with Crippen LogP contribution >= 0.6 is 11.8 Å². The maximum absolute atomic E-state index is 12.5. The molecule has 0 aliphatic carbocycles. The second kappa shape index (κ2) is 5.71. The molecule has 0 saturated carbocycles. The number of rotatable bonds is 3. The molecule has 0 saturated heterocycles. The van der Waals surface area contributed by atoms with Gasteiger partial charge >= 0.3 is 0 Å². The fraction of sp³-hybridized carbons (Fsp3) is 0.235. The molecule has 3 rings (SSSR count). The Morgan fingerprint density at radius 1 is 1.10 bits per heavy atom. The smallest absolute Gasteiger partial charge is 0.193 e. The standard InChI is InChI=1S/C17H16O2S/c1-20-15-7-4-12(5-8-15)17(18)14-6-9-16-13(11-14)3-2-10-19-16/h4-9,11H,2-3,10H2,1H3. The van der Waals surface area contributed by atoms with E-state index in [1.165, 1.54) is 4.90 Å². The highest BCUT2D eigenvalue weighted by Crippen LogP contribution is 2.26. The summed E-state index contributed by atoms with van der Waals surface area (Å²) in [6, 6.07) is 13.5. The van der Waals surface area contributed by atoms with Crippen molar-refractivity contribution in [2.45, 2.75) is 17.7 Å². The van der Waals surface area contributed by atoms with Gasteiger partial charge in [0.05, 0.1) is 6.61 Å². The third-order valence-electron chi connectivity index (χ3n) is 3.52. The number of hydrogen-bond donors (Lipinski definition) is 0. The monoisotopic (exact) mass is 284 g/mol. The zero-order valence-corrected chi connectivity index (χ0v) is 12.2. The highest BCUT2D eigenvalue weighted by molar-refractivity contribution is 7.98. The van der Waals surface area contributed by atoms with Gasteiger partial charge in [-0.3, -0.25) is 4.79 Å². The van der Waals surface area contributed by atoms with E-state index < -0.39 is 0 Å². The molecule has 1 aliphatic rings. The lowest BCUT2D eigenvalue weighted by Crippen LogP contribution is -2.10. The van der Waals surface area contributed by atoms with Crippen LogP contribution in [-0.4, -0.2) is 18.6 Å². The zero-order chi connectivity index (χ0) is 13.9. The summed E-state index contributed by atoms with van der Waals surface area (Å²) in [6.45, 7) is 0.774. The normalized spacial score (nSPS) is 13.4. The lowest BCUT2D eigenvalue weighted by Gasteiger charge is -2.17. The molecule has 0 spiro atoms. The second-order valence-electron chi connectivity index (χ2n) is 4.83. The number of ether oxygens (including phenoxy) is 1. The van der Waals surface area contributed by atoms with Crippen LogP contribution in [0.15, 0.2) is 47.4 Å². The van der Waals surface area contributed by atoms with E-state index in [1.54, 1.807) is 11.8 Å². The summed E-state index contributed by atoms with van der Waals surface area (Å²) in [4.78, 5) is 13.7. The van der Waals surface area contributed by atoms with Crippen LogP contribution in [0.5, 0.6) is 5.75 Å². The van der Waals surface area contributed by atoms with E-state index in [2.05, 4.69) is 0 Å².